The van der Waals surface area contributed by atoms with Crippen molar-refractivity contribution in [3.8, 4) is 5.75 Å². The predicted molar refractivity (Wildman–Crippen MR) is 73.6 cm³/mol. The Morgan fingerprint density at radius 2 is 2.19 bits per heavy atom. The van der Waals surface area contributed by atoms with Crippen LogP contribution < -0.4 is 10.5 Å². The largest absolute Gasteiger partial charge is 0.497 e. The molecular weight excluding hydrogens is 279 g/mol. The van der Waals surface area contributed by atoms with Crippen LogP contribution >= 0.6 is 0 Å². The second-order valence-corrected chi connectivity index (χ2v) is 4.42. The molecule has 7 nitrogen and oxygen atoms in total. The molecule has 0 saturated carbocycles. The third-order valence-electron chi connectivity index (χ3n) is 2.91. The first-order chi connectivity index (χ1) is 9.92. The minimum absolute atomic E-state index is 0.00495. The van der Waals surface area contributed by atoms with Gasteiger partial charge in [-0.15, -0.1) is 0 Å². The molecule has 1 aromatic carbocycles. The number of halogens is 1. The SMILES string of the molecule is COc1cc(C)c(F)c(Cc2ncc(N)c([N+](=O)[O-])n2)c1. The van der Waals surface area contributed by atoms with E-state index in [0.29, 0.717) is 16.9 Å². The van der Waals surface area contributed by atoms with Crippen LogP contribution in [0.25, 0.3) is 0 Å². The lowest BCUT2D eigenvalue weighted by molar-refractivity contribution is -0.388. The number of anilines is 1. The van der Waals surface area contributed by atoms with Gasteiger partial charge in [0.15, 0.2) is 0 Å². The van der Waals surface area contributed by atoms with Gasteiger partial charge in [-0.1, -0.05) is 0 Å². The maximum absolute atomic E-state index is 14.1. The third kappa shape index (κ3) is 3.04. The topological polar surface area (TPSA) is 104 Å². The predicted octanol–water partition coefficient (Wildman–Crippen LogP) is 2.01. The highest BCUT2D eigenvalue weighted by Crippen LogP contribution is 2.23. The van der Waals surface area contributed by atoms with E-state index in [-0.39, 0.29) is 17.9 Å². The molecule has 8 heteroatoms. The number of nitro groups is 1. The van der Waals surface area contributed by atoms with Gasteiger partial charge in [0.2, 0.25) is 5.82 Å². The van der Waals surface area contributed by atoms with Gasteiger partial charge in [0.1, 0.15) is 17.3 Å². The Balaban J connectivity index is 2.41. The molecule has 0 saturated heterocycles. The quantitative estimate of drug-likeness (QED) is 0.682. The first kappa shape index (κ1) is 14.6. The third-order valence-corrected chi connectivity index (χ3v) is 2.91. The maximum atomic E-state index is 14.1. The summed E-state index contributed by atoms with van der Waals surface area (Å²) in [5.41, 5.74) is 6.00. The summed E-state index contributed by atoms with van der Waals surface area (Å²) in [4.78, 5) is 17.7. The molecule has 0 radical (unpaired) electrons. The number of hydrogen-bond acceptors (Lipinski definition) is 6. The number of hydrogen-bond donors (Lipinski definition) is 1. The van der Waals surface area contributed by atoms with Crippen LogP contribution in [0.5, 0.6) is 5.75 Å². The van der Waals surface area contributed by atoms with E-state index in [9.17, 15) is 14.5 Å². The van der Waals surface area contributed by atoms with Gasteiger partial charge < -0.3 is 20.6 Å². The maximum Gasteiger partial charge on any atom is 0.390 e. The second kappa shape index (κ2) is 5.70. The van der Waals surface area contributed by atoms with Gasteiger partial charge in [-0.05, 0) is 34.5 Å². The first-order valence-corrected chi connectivity index (χ1v) is 6.01. The molecule has 0 atom stereocenters. The molecule has 21 heavy (non-hydrogen) atoms. The minimum atomic E-state index is -0.701. The Morgan fingerprint density at radius 1 is 1.48 bits per heavy atom. The van der Waals surface area contributed by atoms with Crippen molar-refractivity contribution < 1.29 is 14.1 Å². The number of aryl methyl sites for hydroxylation is 1. The number of nitrogens with zero attached hydrogens (tertiary/aromatic N) is 3. The molecule has 0 aliphatic rings. The van der Waals surface area contributed by atoms with Crippen molar-refractivity contribution in [1.29, 1.82) is 0 Å². The molecule has 2 rings (SSSR count). The van der Waals surface area contributed by atoms with Crippen LogP contribution in [0, 0.1) is 22.9 Å². The standard InChI is InChI=1S/C13H13FN4O3/c1-7-3-9(21-2)4-8(12(7)14)5-11-16-6-10(15)13(17-11)18(19)20/h3-4,6H,5,15H2,1-2H3. The van der Waals surface area contributed by atoms with Crippen molar-refractivity contribution in [1.82, 2.24) is 9.97 Å². The molecule has 1 aromatic heterocycles. The second-order valence-electron chi connectivity index (χ2n) is 4.42. The van der Waals surface area contributed by atoms with Crippen molar-refractivity contribution in [2.45, 2.75) is 13.3 Å². The van der Waals surface area contributed by atoms with E-state index in [4.69, 9.17) is 10.5 Å². The van der Waals surface area contributed by atoms with Gasteiger partial charge >= 0.3 is 5.82 Å². The average molecular weight is 292 g/mol. The molecule has 110 valence electrons. The van der Waals surface area contributed by atoms with Gasteiger partial charge in [0, 0.05) is 5.56 Å². The summed E-state index contributed by atoms with van der Waals surface area (Å²) in [5.74, 6) is -0.296. The highest BCUT2D eigenvalue weighted by atomic mass is 19.1. The Morgan fingerprint density at radius 3 is 2.81 bits per heavy atom. The number of nitrogen functional groups attached to an aromatic ring is 1. The van der Waals surface area contributed by atoms with Crippen LogP contribution in [0.1, 0.15) is 17.0 Å². The normalized spacial score (nSPS) is 10.4. The fourth-order valence-electron chi connectivity index (χ4n) is 1.87. The average Bonchev–Trinajstić information content (AvgIpc) is 2.45. The zero-order valence-electron chi connectivity index (χ0n) is 11.5. The van der Waals surface area contributed by atoms with E-state index in [2.05, 4.69) is 9.97 Å². The van der Waals surface area contributed by atoms with E-state index in [0.717, 1.165) is 6.20 Å². The fourth-order valence-corrected chi connectivity index (χ4v) is 1.87. The number of rotatable bonds is 4. The zero-order valence-corrected chi connectivity index (χ0v) is 11.5. The lowest BCUT2D eigenvalue weighted by Crippen LogP contribution is -2.06. The number of aromatic nitrogens is 2. The van der Waals surface area contributed by atoms with Crippen molar-refractivity contribution in [3.63, 3.8) is 0 Å². The Hall–Kier alpha value is -2.77. The highest BCUT2D eigenvalue weighted by molar-refractivity contribution is 5.51. The fraction of sp³-hybridized carbons (Fsp3) is 0.231. The van der Waals surface area contributed by atoms with E-state index >= 15 is 0 Å². The molecular formula is C13H13FN4O3. The Bertz CT molecular complexity index is 706. The molecule has 0 spiro atoms. The van der Waals surface area contributed by atoms with Crippen LogP contribution in [0.15, 0.2) is 18.3 Å². The smallest absolute Gasteiger partial charge is 0.390 e. The summed E-state index contributed by atoms with van der Waals surface area (Å²) >= 11 is 0. The summed E-state index contributed by atoms with van der Waals surface area (Å²) < 4.78 is 19.1. The van der Waals surface area contributed by atoms with E-state index < -0.39 is 16.6 Å². The summed E-state index contributed by atoms with van der Waals surface area (Å²) in [5, 5.41) is 10.8. The van der Waals surface area contributed by atoms with Gasteiger partial charge in [-0.25, -0.2) is 9.37 Å². The van der Waals surface area contributed by atoms with Crippen LogP contribution in [-0.4, -0.2) is 22.0 Å². The summed E-state index contributed by atoms with van der Waals surface area (Å²) in [6, 6.07) is 3.07. The Labute approximate surface area is 119 Å². The molecule has 2 N–H and O–H groups in total. The number of nitrogens with two attached hydrogens (primary N) is 1. The van der Waals surface area contributed by atoms with Crippen molar-refractivity contribution in [2.75, 3.05) is 12.8 Å². The molecule has 0 bridgehead atoms. The van der Waals surface area contributed by atoms with Gasteiger partial charge in [0.05, 0.1) is 19.7 Å². The van der Waals surface area contributed by atoms with E-state index in [1.165, 1.54) is 13.2 Å². The van der Waals surface area contributed by atoms with Gasteiger partial charge in [-0.2, -0.15) is 0 Å². The molecule has 1 heterocycles. The lowest BCUT2D eigenvalue weighted by atomic mass is 10.1. The zero-order chi connectivity index (χ0) is 15.6. The highest BCUT2D eigenvalue weighted by Gasteiger charge is 2.19. The van der Waals surface area contributed by atoms with Gasteiger partial charge in [0.25, 0.3) is 0 Å². The van der Waals surface area contributed by atoms with Crippen molar-refractivity contribution >= 4 is 11.5 Å². The lowest BCUT2D eigenvalue weighted by Gasteiger charge is -2.07. The molecule has 0 fully saturated rings. The number of ether oxygens (including phenoxy) is 1. The monoisotopic (exact) mass is 292 g/mol. The molecule has 0 aliphatic carbocycles. The molecule has 0 aliphatic heterocycles. The van der Waals surface area contributed by atoms with Crippen molar-refractivity contribution in [3.05, 3.63) is 51.2 Å². The van der Waals surface area contributed by atoms with Crippen LogP contribution in [0.2, 0.25) is 0 Å². The van der Waals surface area contributed by atoms with Crippen LogP contribution in [0.3, 0.4) is 0 Å². The summed E-state index contributed by atoms with van der Waals surface area (Å²) in [6.07, 6.45) is 1.15. The first-order valence-electron chi connectivity index (χ1n) is 6.01. The Kier molecular flexibility index (Phi) is 3.97. The van der Waals surface area contributed by atoms with Gasteiger partial charge in [-0.3, -0.25) is 0 Å². The molecule has 0 unspecified atom stereocenters. The minimum Gasteiger partial charge on any atom is -0.497 e. The number of methoxy groups -OCH3 is 1. The molecule has 2 aromatic rings. The summed E-state index contributed by atoms with van der Waals surface area (Å²) in [6.45, 7) is 1.60. The molecule has 0 amide bonds. The van der Waals surface area contributed by atoms with Crippen LogP contribution in [0.4, 0.5) is 15.9 Å². The van der Waals surface area contributed by atoms with Crippen molar-refractivity contribution in [2.24, 2.45) is 0 Å². The summed E-state index contributed by atoms with van der Waals surface area (Å²) in [7, 11) is 1.47. The van der Waals surface area contributed by atoms with Crippen LogP contribution in [-0.2, 0) is 6.42 Å². The van der Waals surface area contributed by atoms with E-state index in [1.54, 1.807) is 13.0 Å². The number of benzene rings is 1. The van der Waals surface area contributed by atoms with E-state index in [1.807, 2.05) is 0 Å².